The van der Waals surface area contributed by atoms with Crippen LogP contribution in [0.2, 0.25) is 0 Å². The molecule has 0 unspecified atom stereocenters. The molecule has 1 N–H and O–H groups in total. The molecule has 0 aliphatic heterocycles. The largest absolute Gasteiger partial charge is 0.453 e. The Morgan fingerprint density at radius 2 is 1.65 bits per heavy atom. The van der Waals surface area contributed by atoms with Gasteiger partial charge in [-0.3, -0.25) is 9.59 Å². The molecular weight excluding hydrogens is 330 g/mol. The van der Waals surface area contributed by atoms with Crippen LogP contribution in [0.25, 0.3) is 0 Å². The highest BCUT2D eigenvalue weighted by Gasteiger charge is 2.16. The molecule has 0 radical (unpaired) electrons. The number of carbonyl (C=O) groups excluding carboxylic acids is 2. The van der Waals surface area contributed by atoms with Gasteiger partial charge in [-0.05, 0) is 58.0 Å². The summed E-state index contributed by atoms with van der Waals surface area (Å²) in [6.07, 6.45) is 0. The smallest absolute Gasteiger partial charge is 0.308 e. The minimum Gasteiger partial charge on any atom is -0.453 e. The summed E-state index contributed by atoms with van der Waals surface area (Å²) in [5.41, 5.74) is 1.40. The van der Waals surface area contributed by atoms with Crippen molar-refractivity contribution in [2.45, 2.75) is 40.2 Å². The molecule has 0 fully saturated rings. The van der Waals surface area contributed by atoms with E-state index in [4.69, 9.17) is 9.47 Å². The Morgan fingerprint density at radius 1 is 1.00 bits per heavy atom. The summed E-state index contributed by atoms with van der Waals surface area (Å²) in [6, 6.07) is 12.4. The molecule has 0 amide bonds. The normalized spacial score (nSPS) is 11.1. The van der Waals surface area contributed by atoms with E-state index in [1.165, 1.54) is 13.0 Å². The van der Waals surface area contributed by atoms with E-state index in [0.29, 0.717) is 17.1 Å². The lowest BCUT2D eigenvalue weighted by atomic mass is 10.1. The minimum absolute atomic E-state index is 0.0878. The molecule has 0 aliphatic carbocycles. The van der Waals surface area contributed by atoms with E-state index in [-0.39, 0.29) is 23.6 Å². The Morgan fingerprint density at radius 3 is 2.23 bits per heavy atom. The van der Waals surface area contributed by atoms with Gasteiger partial charge in [0.2, 0.25) is 0 Å². The van der Waals surface area contributed by atoms with E-state index in [0.717, 1.165) is 5.56 Å². The molecule has 0 bridgehead atoms. The molecule has 2 rings (SSSR count). The van der Waals surface area contributed by atoms with E-state index in [1.807, 2.05) is 52.0 Å². The molecule has 0 saturated carbocycles. The Bertz CT molecular complexity index is 789. The maximum atomic E-state index is 12.4. The van der Waals surface area contributed by atoms with Crippen molar-refractivity contribution in [3.8, 4) is 17.2 Å². The lowest BCUT2D eigenvalue weighted by Crippen LogP contribution is -2.39. The molecule has 0 saturated heterocycles. The van der Waals surface area contributed by atoms with Crippen LogP contribution in [0.1, 0.15) is 43.6 Å². The van der Waals surface area contributed by atoms with E-state index >= 15 is 0 Å². The van der Waals surface area contributed by atoms with E-state index in [2.05, 4.69) is 5.32 Å². The molecule has 0 spiro atoms. The van der Waals surface area contributed by atoms with Crippen LogP contribution in [0, 0.1) is 6.92 Å². The topological polar surface area (TPSA) is 64.6 Å². The van der Waals surface area contributed by atoms with Gasteiger partial charge in [-0.2, -0.15) is 0 Å². The molecule has 5 nitrogen and oxygen atoms in total. The third-order valence-electron chi connectivity index (χ3n) is 3.55. The number of hydrogen-bond acceptors (Lipinski definition) is 5. The number of carbonyl (C=O) groups is 2. The van der Waals surface area contributed by atoms with Crippen LogP contribution in [-0.2, 0) is 4.79 Å². The van der Waals surface area contributed by atoms with Gasteiger partial charge in [-0.15, -0.1) is 0 Å². The van der Waals surface area contributed by atoms with Crippen LogP contribution < -0.4 is 14.8 Å². The molecule has 26 heavy (non-hydrogen) atoms. The summed E-state index contributed by atoms with van der Waals surface area (Å²) in [5.74, 6) is 0.660. The average molecular weight is 355 g/mol. The predicted octanol–water partition coefficient (Wildman–Crippen LogP) is 4.28. The molecule has 5 heteroatoms. The van der Waals surface area contributed by atoms with Crippen LogP contribution >= 0.6 is 0 Å². The van der Waals surface area contributed by atoms with E-state index < -0.39 is 5.97 Å². The lowest BCUT2D eigenvalue weighted by Gasteiger charge is -2.20. The molecule has 0 heterocycles. The van der Waals surface area contributed by atoms with Crippen LogP contribution in [0.15, 0.2) is 42.5 Å². The number of benzene rings is 2. The first-order chi connectivity index (χ1) is 12.1. The SMILES string of the molecule is CC(=O)Oc1cc(C(=O)CNC(C)(C)C)ccc1Oc1ccc(C)cc1. The van der Waals surface area contributed by atoms with Crippen molar-refractivity contribution in [1.82, 2.24) is 5.32 Å². The van der Waals surface area contributed by atoms with Gasteiger partial charge in [0.1, 0.15) is 5.75 Å². The zero-order chi connectivity index (χ0) is 19.3. The highest BCUT2D eigenvalue weighted by Crippen LogP contribution is 2.33. The molecular formula is C21H25NO4. The fourth-order valence-electron chi connectivity index (χ4n) is 2.18. The van der Waals surface area contributed by atoms with Crippen molar-refractivity contribution >= 4 is 11.8 Å². The maximum Gasteiger partial charge on any atom is 0.308 e. The summed E-state index contributed by atoms with van der Waals surface area (Å²) in [6.45, 7) is 9.46. The van der Waals surface area contributed by atoms with Gasteiger partial charge >= 0.3 is 5.97 Å². The Hall–Kier alpha value is -2.66. The highest BCUT2D eigenvalue weighted by molar-refractivity contribution is 5.98. The number of esters is 1. The number of rotatable bonds is 6. The summed E-state index contributed by atoms with van der Waals surface area (Å²) >= 11 is 0. The average Bonchev–Trinajstić information content (AvgIpc) is 2.55. The van der Waals surface area contributed by atoms with Crippen molar-refractivity contribution in [3.63, 3.8) is 0 Å². The molecule has 0 atom stereocenters. The second-order valence-corrected chi connectivity index (χ2v) is 7.20. The highest BCUT2D eigenvalue weighted by atomic mass is 16.6. The maximum absolute atomic E-state index is 12.4. The fourth-order valence-corrected chi connectivity index (χ4v) is 2.18. The third kappa shape index (κ3) is 6.01. The molecule has 138 valence electrons. The van der Waals surface area contributed by atoms with Crippen LogP contribution in [0.5, 0.6) is 17.2 Å². The van der Waals surface area contributed by atoms with Crippen LogP contribution in [-0.4, -0.2) is 23.8 Å². The second-order valence-electron chi connectivity index (χ2n) is 7.20. The first kappa shape index (κ1) is 19.7. The lowest BCUT2D eigenvalue weighted by molar-refractivity contribution is -0.132. The number of ether oxygens (including phenoxy) is 2. The van der Waals surface area contributed by atoms with Gasteiger partial charge in [-0.25, -0.2) is 0 Å². The monoisotopic (exact) mass is 355 g/mol. The van der Waals surface area contributed by atoms with E-state index in [9.17, 15) is 9.59 Å². The summed E-state index contributed by atoms with van der Waals surface area (Å²) in [5, 5.41) is 3.15. The molecule has 0 aliphatic rings. The zero-order valence-electron chi connectivity index (χ0n) is 15.9. The standard InChI is InChI=1S/C21H25NO4/c1-14-6-9-17(10-7-14)26-19-11-8-16(12-20(19)25-15(2)23)18(24)13-22-21(3,4)5/h6-12,22H,13H2,1-5H3. The number of nitrogens with one attached hydrogen (secondary N) is 1. The molecule has 0 aromatic heterocycles. The van der Waals surface area contributed by atoms with Gasteiger partial charge in [0.05, 0.1) is 6.54 Å². The second kappa shape index (κ2) is 8.15. The molecule has 2 aromatic rings. The van der Waals surface area contributed by atoms with Crippen LogP contribution in [0.4, 0.5) is 0 Å². The Balaban J connectivity index is 2.24. The van der Waals surface area contributed by atoms with Gasteiger partial charge in [-0.1, -0.05) is 17.7 Å². The third-order valence-corrected chi connectivity index (χ3v) is 3.55. The first-order valence-electron chi connectivity index (χ1n) is 8.49. The van der Waals surface area contributed by atoms with Gasteiger partial charge in [0, 0.05) is 18.0 Å². The molecule has 2 aromatic carbocycles. The Labute approximate surface area is 154 Å². The first-order valence-corrected chi connectivity index (χ1v) is 8.49. The predicted molar refractivity (Wildman–Crippen MR) is 101 cm³/mol. The number of Topliss-reactive ketones (excluding diaryl/α,β-unsaturated/α-hetero) is 1. The van der Waals surface area contributed by atoms with Crippen molar-refractivity contribution in [1.29, 1.82) is 0 Å². The minimum atomic E-state index is -0.476. The fraction of sp³-hybridized carbons (Fsp3) is 0.333. The van der Waals surface area contributed by atoms with Gasteiger partial charge < -0.3 is 14.8 Å². The van der Waals surface area contributed by atoms with Crippen molar-refractivity contribution in [2.75, 3.05) is 6.54 Å². The Kier molecular flexibility index (Phi) is 6.16. The van der Waals surface area contributed by atoms with Gasteiger partial charge in [0.25, 0.3) is 0 Å². The summed E-state index contributed by atoms with van der Waals surface area (Å²) in [7, 11) is 0. The van der Waals surface area contributed by atoms with Crippen molar-refractivity contribution < 1.29 is 19.1 Å². The quantitative estimate of drug-likeness (QED) is 0.476. The van der Waals surface area contributed by atoms with E-state index in [1.54, 1.807) is 12.1 Å². The number of aryl methyl sites for hydroxylation is 1. The zero-order valence-corrected chi connectivity index (χ0v) is 15.9. The number of ketones is 1. The van der Waals surface area contributed by atoms with Crippen molar-refractivity contribution in [3.05, 3.63) is 53.6 Å². The van der Waals surface area contributed by atoms with Gasteiger partial charge in [0.15, 0.2) is 17.3 Å². The summed E-state index contributed by atoms with van der Waals surface area (Å²) in [4.78, 5) is 23.8. The van der Waals surface area contributed by atoms with Crippen molar-refractivity contribution in [2.24, 2.45) is 0 Å². The van der Waals surface area contributed by atoms with Crippen LogP contribution in [0.3, 0.4) is 0 Å². The number of hydrogen-bond donors (Lipinski definition) is 1. The summed E-state index contributed by atoms with van der Waals surface area (Å²) < 4.78 is 11.1.